The van der Waals surface area contributed by atoms with Crippen molar-refractivity contribution < 1.29 is 4.52 Å². The third-order valence-corrected chi connectivity index (χ3v) is 4.48. The predicted octanol–water partition coefficient (Wildman–Crippen LogP) is 3.84. The van der Waals surface area contributed by atoms with Crippen LogP contribution in [0.1, 0.15) is 65.1 Å². The Kier molecular flexibility index (Phi) is 8.22. The van der Waals surface area contributed by atoms with Gasteiger partial charge in [0.25, 0.3) is 0 Å². The Morgan fingerprint density at radius 1 is 1.20 bits per heavy atom. The van der Waals surface area contributed by atoms with Crippen molar-refractivity contribution in [2.75, 3.05) is 12.3 Å². The molecule has 0 fully saturated rings. The van der Waals surface area contributed by atoms with Crippen LogP contribution in [-0.4, -0.2) is 28.5 Å². The van der Waals surface area contributed by atoms with Crippen LogP contribution >= 0.6 is 11.8 Å². The average molecular weight is 299 g/mol. The number of rotatable bonds is 10. The third kappa shape index (κ3) is 5.44. The summed E-state index contributed by atoms with van der Waals surface area (Å²) in [5.74, 6) is 4.35. The first kappa shape index (κ1) is 17.5. The number of nitrogens with one attached hydrogen (secondary N) is 1. The number of nitrogens with zero attached hydrogens (tertiary/aromatic N) is 2. The molecule has 0 spiro atoms. The molecular weight excluding hydrogens is 270 g/mol. The summed E-state index contributed by atoms with van der Waals surface area (Å²) in [4.78, 5) is 4.59. The van der Waals surface area contributed by atoms with Crippen LogP contribution in [0.2, 0.25) is 0 Å². The summed E-state index contributed by atoms with van der Waals surface area (Å²) >= 11 is 1.86. The zero-order valence-electron chi connectivity index (χ0n) is 13.5. The van der Waals surface area contributed by atoms with Gasteiger partial charge in [-0.1, -0.05) is 32.9 Å². The van der Waals surface area contributed by atoms with Crippen LogP contribution in [0.3, 0.4) is 0 Å². The van der Waals surface area contributed by atoms with Crippen LogP contribution in [0.4, 0.5) is 0 Å². The van der Waals surface area contributed by atoms with Gasteiger partial charge in [0.05, 0.1) is 11.7 Å². The Bertz CT molecular complexity index is 368. The van der Waals surface area contributed by atoms with E-state index in [1.807, 2.05) is 11.8 Å². The molecule has 1 heterocycles. The van der Waals surface area contributed by atoms with Gasteiger partial charge in [-0.15, -0.1) is 0 Å². The molecule has 0 saturated heterocycles. The van der Waals surface area contributed by atoms with Crippen LogP contribution in [0, 0.1) is 5.92 Å². The minimum Gasteiger partial charge on any atom is -0.339 e. The lowest BCUT2D eigenvalue weighted by atomic mass is 9.89. The second-order valence-electron chi connectivity index (χ2n) is 5.61. The molecule has 0 aliphatic rings. The third-order valence-electron chi connectivity index (χ3n) is 3.32. The maximum Gasteiger partial charge on any atom is 0.231 e. The first-order valence-corrected chi connectivity index (χ1v) is 8.89. The van der Waals surface area contributed by atoms with E-state index >= 15 is 0 Å². The molecule has 20 heavy (non-hydrogen) atoms. The maximum absolute atomic E-state index is 5.51. The van der Waals surface area contributed by atoms with E-state index in [4.69, 9.17) is 4.52 Å². The van der Waals surface area contributed by atoms with Crippen molar-refractivity contribution in [1.29, 1.82) is 0 Å². The van der Waals surface area contributed by atoms with Gasteiger partial charge in [-0.25, -0.2) is 0 Å². The Labute approximate surface area is 127 Å². The molecule has 4 nitrogen and oxygen atoms in total. The molecular formula is C15H29N3OS. The fourth-order valence-corrected chi connectivity index (χ4v) is 3.08. The summed E-state index contributed by atoms with van der Waals surface area (Å²) in [7, 11) is 0. The lowest BCUT2D eigenvalue weighted by molar-refractivity contribution is 0.279. The number of hydrogen-bond donors (Lipinski definition) is 1. The molecule has 116 valence electrons. The minimum absolute atomic E-state index is 0.277. The second kappa shape index (κ2) is 9.40. The topological polar surface area (TPSA) is 51.0 Å². The van der Waals surface area contributed by atoms with Crippen molar-refractivity contribution in [1.82, 2.24) is 15.5 Å². The van der Waals surface area contributed by atoms with Crippen LogP contribution in [-0.2, 0) is 5.75 Å². The van der Waals surface area contributed by atoms with E-state index in [1.165, 1.54) is 6.42 Å². The van der Waals surface area contributed by atoms with Gasteiger partial charge < -0.3 is 9.84 Å². The second-order valence-corrected chi connectivity index (χ2v) is 6.72. The number of aromatic nitrogens is 2. The molecule has 1 rings (SSSR count). The molecule has 0 aliphatic carbocycles. The monoisotopic (exact) mass is 299 g/mol. The quantitative estimate of drug-likeness (QED) is 0.665. The normalized spacial score (nSPS) is 14.7. The fraction of sp³-hybridized carbons (Fsp3) is 0.867. The standard InChI is InChI=1S/C15H29N3OS/c1-6-8-16-12(5)14(11(3)4)15-17-13(18-19-15)10-20-9-7-2/h11-12,14,16H,6-10H2,1-5H3. The molecule has 0 aromatic carbocycles. The van der Waals surface area contributed by atoms with Crippen molar-refractivity contribution in [3.63, 3.8) is 0 Å². The molecule has 2 atom stereocenters. The lowest BCUT2D eigenvalue weighted by Crippen LogP contribution is -2.35. The van der Waals surface area contributed by atoms with Crippen molar-refractivity contribution in [3.05, 3.63) is 11.7 Å². The van der Waals surface area contributed by atoms with Crippen molar-refractivity contribution in [2.45, 2.75) is 65.2 Å². The van der Waals surface area contributed by atoms with Crippen molar-refractivity contribution in [3.8, 4) is 0 Å². The molecule has 0 amide bonds. The summed E-state index contributed by atoms with van der Waals surface area (Å²) in [6.07, 6.45) is 2.32. The van der Waals surface area contributed by atoms with Crippen LogP contribution in [0.25, 0.3) is 0 Å². The average Bonchev–Trinajstić information content (AvgIpc) is 2.85. The summed E-state index contributed by atoms with van der Waals surface area (Å²) in [6.45, 7) is 12.0. The Balaban J connectivity index is 2.67. The van der Waals surface area contributed by atoms with Gasteiger partial charge in [0.1, 0.15) is 0 Å². The summed E-state index contributed by atoms with van der Waals surface area (Å²) in [5, 5.41) is 7.66. The molecule has 0 bridgehead atoms. The van der Waals surface area contributed by atoms with Gasteiger partial charge >= 0.3 is 0 Å². The predicted molar refractivity (Wildman–Crippen MR) is 86.1 cm³/mol. The van der Waals surface area contributed by atoms with Gasteiger partial charge in [0.2, 0.25) is 5.89 Å². The summed E-state index contributed by atoms with van der Waals surface area (Å²) < 4.78 is 5.51. The van der Waals surface area contributed by atoms with Crippen molar-refractivity contribution >= 4 is 11.8 Å². The highest BCUT2D eigenvalue weighted by Crippen LogP contribution is 2.27. The largest absolute Gasteiger partial charge is 0.339 e. The molecule has 1 aromatic rings. The highest BCUT2D eigenvalue weighted by molar-refractivity contribution is 7.98. The first-order chi connectivity index (χ1) is 9.60. The fourth-order valence-electron chi connectivity index (χ4n) is 2.34. The lowest BCUT2D eigenvalue weighted by Gasteiger charge is -2.24. The van der Waals surface area contributed by atoms with Crippen LogP contribution < -0.4 is 5.32 Å². The molecule has 1 N–H and O–H groups in total. The van der Waals surface area contributed by atoms with Gasteiger partial charge in [0.15, 0.2) is 5.82 Å². The number of thioether (sulfide) groups is 1. The zero-order chi connectivity index (χ0) is 15.0. The van der Waals surface area contributed by atoms with Crippen LogP contribution in [0.5, 0.6) is 0 Å². The molecule has 1 aromatic heterocycles. The van der Waals surface area contributed by atoms with E-state index in [2.05, 4.69) is 50.1 Å². The van der Waals surface area contributed by atoms with E-state index in [1.54, 1.807) is 0 Å². The molecule has 2 unspecified atom stereocenters. The Hall–Kier alpha value is -0.550. The highest BCUT2D eigenvalue weighted by atomic mass is 32.2. The molecule has 0 radical (unpaired) electrons. The SMILES string of the molecule is CCCNC(C)C(c1nc(CSCCC)no1)C(C)C. The van der Waals surface area contributed by atoms with Gasteiger partial charge in [-0.3, -0.25) is 0 Å². The molecule has 0 saturated carbocycles. The van der Waals surface area contributed by atoms with E-state index in [0.29, 0.717) is 12.0 Å². The van der Waals surface area contributed by atoms with E-state index in [9.17, 15) is 0 Å². The van der Waals surface area contributed by atoms with Gasteiger partial charge in [-0.2, -0.15) is 16.7 Å². The van der Waals surface area contributed by atoms with Crippen LogP contribution in [0.15, 0.2) is 4.52 Å². The summed E-state index contributed by atoms with van der Waals surface area (Å²) in [5.41, 5.74) is 0. The molecule has 5 heteroatoms. The Morgan fingerprint density at radius 2 is 1.95 bits per heavy atom. The molecule has 0 aliphatic heterocycles. The smallest absolute Gasteiger partial charge is 0.231 e. The van der Waals surface area contributed by atoms with E-state index < -0.39 is 0 Å². The van der Waals surface area contributed by atoms with E-state index in [-0.39, 0.29) is 5.92 Å². The van der Waals surface area contributed by atoms with Crippen molar-refractivity contribution in [2.24, 2.45) is 5.92 Å². The van der Waals surface area contributed by atoms with Gasteiger partial charge in [0, 0.05) is 6.04 Å². The van der Waals surface area contributed by atoms with Gasteiger partial charge in [-0.05, 0) is 38.0 Å². The highest BCUT2D eigenvalue weighted by Gasteiger charge is 2.27. The summed E-state index contributed by atoms with van der Waals surface area (Å²) in [6, 6.07) is 0.353. The zero-order valence-corrected chi connectivity index (χ0v) is 14.3. The minimum atomic E-state index is 0.277. The maximum atomic E-state index is 5.51. The Morgan fingerprint density at radius 3 is 2.55 bits per heavy atom. The number of hydrogen-bond acceptors (Lipinski definition) is 5. The first-order valence-electron chi connectivity index (χ1n) is 7.73. The van der Waals surface area contributed by atoms with E-state index in [0.717, 1.165) is 36.2 Å².